The van der Waals surface area contributed by atoms with Gasteiger partial charge < -0.3 is 0 Å². The van der Waals surface area contributed by atoms with Crippen LogP contribution in [0.5, 0.6) is 0 Å². The molecule has 0 aliphatic heterocycles. The minimum absolute atomic E-state index is 0.166. The fourth-order valence-electron chi connectivity index (χ4n) is 3.38. The second kappa shape index (κ2) is 10.5. The lowest BCUT2D eigenvalue weighted by molar-refractivity contribution is -0.382. The molecule has 30 heavy (non-hydrogen) atoms. The van der Waals surface area contributed by atoms with Gasteiger partial charge in [0.25, 0.3) is 0 Å². The van der Waals surface area contributed by atoms with Crippen LogP contribution in [0, 0.1) is 0 Å². The number of hydrogen-bond donors (Lipinski definition) is 2. The molecule has 0 radical (unpaired) electrons. The quantitative estimate of drug-likeness (QED) is 0.222. The van der Waals surface area contributed by atoms with Crippen molar-refractivity contribution in [2.75, 3.05) is 0 Å². The first-order valence-corrected chi connectivity index (χ1v) is 9.95. The molecule has 0 saturated heterocycles. The van der Waals surface area contributed by atoms with Crippen LogP contribution >= 0.6 is 0 Å². The molecule has 0 heterocycles. The molecular weight excluding hydrogens is 372 g/mol. The van der Waals surface area contributed by atoms with Crippen LogP contribution in [-0.2, 0) is 9.98 Å². The van der Waals surface area contributed by atoms with Crippen molar-refractivity contribution in [2.24, 2.45) is 0 Å². The largest absolute Gasteiger partial charge is 0.156 e. The van der Waals surface area contributed by atoms with Crippen LogP contribution in [-0.4, -0.2) is 0 Å². The number of hydroxylamine groups is 2. The molecule has 4 nitrogen and oxygen atoms in total. The fraction of sp³-hybridized carbons (Fsp3) is 0.0769. The highest BCUT2D eigenvalue weighted by Crippen LogP contribution is 2.23. The summed E-state index contributed by atoms with van der Waals surface area (Å²) >= 11 is 0. The van der Waals surface area contributed by atoms with Gasteiger partial charge in [0.2, 0.25) is 0 Å². The molecule has 0 amide bonds. The van der Waals surface area contributed by atoms with Gasteiger partial charge in [-0.15, -0.1) is 9.98 Å². The maximum atomic E-state index is 5.42. The van der Waals surface area contributed by atoms with E-state index in [1.165, 1.54) is 0 Å². The summed E-state index contributed by atoms with van der Waals surface area (Å²) in [5.41, 5.74) is 10.4. The molecule has 0 aromatic heterocycles. The zero-order valence-corrected chi connectivity index (χ0v) is 16.5. The van der Waals surface area contributed by atoms with E-state index in [9.17, 15) is 0 Å². The van der Waals surface area contributed by atoms with Crippen molar-refractivity contribution in [3.63, 3.8) is 0 Å². The number of hydrogen-bond acceptors (Lipinski definition) is 4. The minimum atomic E-state index is -0.166. The van der Waals surface area contributed by atoms with E-state index in [2.05, 4.69) is 59.5 Å². The summed E-state index contributed by atoms with van der Waals surface area (Å²) in [4.78, 5) is 10.8. The van der Waals surface area contributed by atoms with Gasteiger partial charge in [-0.05, 0) is 22.3 Å². The van der Waals surface area contributed by atoms with E-state index in [1.807, 2.05) is 72.8 Å². The molecule has 0 saturated carbocycles. The third kappa shape index (κ3) is 5.20. The van der Waals surface area contributed by atoms with Crippen LogP contribution in [0.3, 0.4) is 0 Å². The number of benzene rings is 4. The third-order valence-electron chi connectivity index (χ3n) is 4.91. The lowest BCUT2D eigenvalue weighted by Crippen LogP contribution is -2.29. The van der Waals surface area contributed by atoms with E-state index in [0.29, 0.717) is 0 Å². The summed E-state index contributed by atoms with van der Waals surface area (Å²) in [6.45, 7) is 0. The second-order valence-electron chi connectivity index (χ2n) is 6.91. The van der Waals surface area contributed by atoms with E-state index >= 15 is 0 Å². The van der Waals surface area contributed by atoms with Crippen LogP contribution in [0.1, 0.15) is 34.3 Å². The predicted molar refractivity (Wildman–Crippen MR) is 118 cm³/mol. The average molecular weight is 396 g/mol. The molecule has 4 heteroatoms. The van der Waals surface area contributed by atoms with Gasteiger partial charge in [-0.25, -0.2) is 0 Å². The molecule has 0 spiro atoms. The average Bonchev–Trinajstić information content (AvgIpc) is 2.84. The normalized spacial score (nSPS) is 11.1. The maximum absolute atomic E-state index is 5.42. The minimum Gasteiger partial charge on any atom is -0.156 e. The Kier molecular flexibility index (Phi) is 6.99. The van der Waals surface area contributed by atoms with Gasteiger partial charge in [0.15, 0.2) is 0 Å². The van der Waals surface area contributed by atoms with Crippen molar-refractivity contribution in [1.82, 2.24) is 11.0 Å². The highest BCUT2D eigenvalue weighted by molar-refractivity contribution is 5.32. The van der Waals surface area contributed by atoms with Gasteiger partial charge in [0.1, 0.15) is 0 Å². The Morgan fingerprint density at radius 3 is 0.833 bits per heavy atom. The van der Waals surface area contributed by atoms with E-state index < -0.39 is 0 Å². The number of nitrogens with one attached hydrogen (secondary N) is 2. The van der Waals surface area contributed by atoms with Crippen LogP contribution in [0.15, 0.2) is 121 Å². The van der Waals surface area contributed by atoms with Crippen LogP contribution in [0.2, 0.25) is 0 Å². The summed E-state index contributed by atoms with van der Waals surface area (Å²) in [6.07, 6.45) is 0. The predicted octanol–water partition coefficient (Wildman–Crippen LogP) is 5.52. The highest BCUT2D eigenvalue weighted by Gasteiger charge is 2.16. The van der Waals surface area contributed by atoms with E-state index in [1.54, 1.807) is 0 Å². The van der Waals surface area contributed by atoms with Crippen LogP contribution in [0.4, 0.5) is 0 Å². The molecule has 0 fully saturated rings. The van der Waals surface area contributed by atoms with Crippen molar-refractivity contribution in [2.45, 2.75) is 12.1 Å². The van der Waals surface area contributed by atoms with Gasteiger partial charge >= 0.3 is 0 Å². The van der Waals surface area contributed by atoms with Crippen molar-refractivity contribution in [3.8, 4) is 0 Å². The molecule has 0 aliphatic carbocycles. The zero-order valence-electron chi connectivity index (χ0n) is 16.5. The molecule has 4 aromatic carbocycles. The molecule has 0 bridgehead atoms. The topological polar surface area (TPSA) is 42.5 Å². The smallest absolute Gasteiger partial charge is 0.0852 e. The lowest BCUT2D eigenvalue weighted by atomic mass is 10.00. The Hall–Kier alpha value is -3.28. The molecule has 4 aromatic rings. The molecule has 0 aliphatic rings. The van der Waals surface area contributed by atoms with Crippen molar-refractivity contribution in [1.29, 1.82) is 0 Å². The lowest BCUT2D eigenvalue weighted by Gasteiger charge is -2.21. The van der Waals surface area contributed by atoms with Crippen molar-refractivity contribution >= 4 is 0 Å². The summed E-state index contributed by atoms with van der Waals surface area (Å²) in [7, 11) is 0. The van der Waals surface area contributed by atoms with Crippen molar-refractivity contribution in [3.05, 3.63) is 144 Å². The SMILES string of the molecule is c1ccc(C(NOONC(c2ccccc2)c2ccccc2)c2ccccc2)cc1. The zero-order chi connectivity index (χ0) is 20.4. The molecule has 0 unspecified atom stereocenters. The van der Waals surface area contributed by atoms with Gasteiger partial charge in [0, 0.05) is 0 Å². The van der Waals surface area contributed by atoms with Gasteiger partial charge in [-0.2, -0.15) is 11.0 Å². The Morgan fingerprint density at radius 2 is 0.600 bits per heavy atom. The molecule has 2 N–H and O–H groups in total. The third-order valence-corrected chi connectivity index (χ3v) is 4.91. The maximum Gasteiger partial charge on any atom is 0.0852 e. The Labute approximate surface area is 176 Å². The molecular formula is C26H24N2O2. The Bertz CT molecular complexity index is 832. The van der Waals surface area contributed by atoms with Gasteiger partial charge in [-0.3, -0.25) is 0 Å². The van der Waals surface area contributed by atoms with Gasteiger partial charge in [-0.1, -0.05) is 121 Å². The standard InChI is InChI=1S/C26H24N2O2/c1-5-13-21(14-6-1)25(22-15-7-2-8-16-22)27-29-30-28-26(23-17-9-3-10-18-23)24-19-11-4-12-20-24/h1-20,25-28H. The molecule has 150 valence electrons. The summed E-state index contributed by atoms with van der Waals surface area (Å²) < 4.78 is 0. The Balaban J connectivity index is 1.45. The summed E-state index contributed by atoms with van der Waals surface area (Å²) in [5, 5.41) is 0. The first-order valence-electron chi connectivity index (χ1n) is 9.95. The monoisotopic (exact) mass is 396 g/mol. The summed E-state index contributed by atoms with van der Waals surface area (Å²) in [6, 6.07) is 40.1. The van der Waals surface area contributed by atoms with E-state index in [0.717, 1.165) is 22.3 Å². The fourth-order valence-corrected chi connectivity index (χ4v) is 3.38. The van der Waals surface area contributed by atoms with E-state index in [-0.39, 0.29) is 12.1 Å². The number of rotatable bonds is 9. The Morgan fingerprint density at radius 1 is 0.367 bits per heavy atom. The molecule has 4 rings (SSSR count). The van der Waals surface area contributed by atoms with Gasteiger partial charge in [0.05, 0.1) is 12.1 Å². The first-order chi connectivity index (χ1) is 14.9. The summed E-state index contributed by atoms with van der Waals surface area (Å²) in [5.74, 6) is 0. The molecule has 0 atom stereocenters. The van der Waals surface area contributed by atoms with Crippen LogP contribution < -0.4 is 11.0 Å². The second-order valence-corrected chi connectivity index (χ2v) is 6.91. The van der Waals surface area contributed by atoms with Crippen LogP contribution in [0.25, 0.3) is 0 Å². The highest BCUT2D eigenvalue weighted by atomic mass is 17.3. The first kappa shape index (κ1) is 20.0. The van der Waals surface area contributed by atoms with Crippen molar-refractivity contribution < 1.29 is 9.98 Å². The van der Waals surface area contributed by atoms with E-state index in [4.69, 9.17) is 9.98 Å².